The van der Waals surface area contributed by atoms with Crippen molar-refractivity contribution in [1.29, 1.82) is 0 Å². The van der Waals surface area contributed by atoms with Gasteiger partial charge in [0.25, 0.3) is 5.56 Å². The summed E-state index contributed by atoms with van der Waals surface area (Å²) in [5, 5.41) is 0.854. The molecule has 0 aliphatic carbocycles. The fraction of sp³-hybridized carbons (Fsp3) is 0.258. The minimum atomic E-state index is -0.254. The Hall–Kier alpha value is -4.10. The van der Waals surface area contributed by atoms with Gasteiger partial charge in [-0.25, -0.2) is 4.99 Å². The van der Waals surface area contributed by atoms with Crippen LogP contribution in [0, 0.1) is 0 Å². The molecule has 0 atom stereocenters. The molecular weight excluding hydrogens is 512 g/mol. The number of aromatic amines is 1. The molecule has 0 bridgehead atoms. The highest BCUT2D eigenvalue weighted by atomic mass is 35.5. The number of amides is 1. The smallest absolute Gasteiger partial charge is 0.274 e. The molecule has 2 heterocycles. The lowest BCUT2D eigenvalue weighted by atomic mass is 10.1. The van der Waals surface area contributed by atoms with Crippen LogP contribution in [0.15, 0.2) is 82.6 Å². The number of imidazole rings is 1. The lowest BCUT2D eigenvalue weighted by Crippen LogP contribution is -2.32. The van der Waals surface area contributed by atoms with Gasteiger partial charge < -0.3 is 14.2 Å². The van der Waals surface area contributed by atoms with Gasteiger partial charge in [0.2, 0.25) is 11.5 Å². The van der Waals surface area contributed by atoms with Crippen molar-refractivity contribution in [3.05, 3.63) is 116 Å². The number of rotatable bonds is 11. The van der Waals surface area contributed by atoms with Crippen molar-refractivity contribution in [3.8, 4) is 5.75 Å². The number of hydrogen-bond acceptors (Lipinski definition) is 4. The van der Waals surface area contributed by atoms with Crippen molar-refractivity contribution in [2.75, 3.05) is 6.61 Å². The van der Waals surface area contributed by atoms with Gasteiger partial charge in [-0.15, -0.1) is 0 Å². The van der Waals surface area contributed by atoms with E-state index in [9.17, 15) is 9.59 Å². The Morgan fingerprint density at radius 3 is 2.31 bits per heavy atom. The van der Waals surface area contributed by atoms with Crippen molar-refractivity contribution in [2.24, 2.45) is 4.99 Å². The Bertz CT molecular complexity index is 1570. The molecule has 8 heteroatoms. The molecule has 0 unspecified atom stereocenters. The van der Waals surface area contributed by atoms with Crippen molar-refractivity contribution in [1.82, 2.24) is 14.5 Å². The molecule has 1 N–H and O–H groups in total. The first-order valence-electron chi connectivity index (χ1n) is 13.2. The lowest BCUT2D eigenvalue weighted by Gasteiger charge is -2.23. The number of aromatic nitrogens is 2. The predicted octanol–water partition coefficient (Wildman–Crippen LogP) is 4.72. The number of carbonyl (C=O) groups is 1. The van der Waals surface area contributed by atoms with Crippen LogP contribution in [0.1, 0.15) is 42.4 Å². The quantitative estimate of drug-likeness (QED) is 0.245. The molecule has 39 heavy (non-hydrogen) atoms. The molecule has 7 nitrogen and oxygen atoms in total. The van der Waals surface area contributed by atoms with Gasteiger partial charge in [0, 0.05) is 25.1 Å². The molecule has 0 radical (unpaired) electrons. The summed E-state index contributed by atoms with van der Waals surface area (Å²) < 4.78 is 7.83. The molecule has 0 fully saturated rings. The summed E-state index contributed by atoms with van der Waals surface area (Å²) >= 11 is 6.47. The topological polar surface area (TPSA) is 79.7 Å². The van der Waals surface area contributed by atoms with E-state index < -0.39 is 0 Å². The average molecular weight is 543 g/mol. The third kappa shape index (κ3) is 6.32. The lowest BCUT2D eigenvalue weighted by molar-refractivity contribution is -0.132. The third-order valence-corrected chi connectivity index (χ3v) is 7.16. The van der Waals surface area contributed by atoms with E-state index in [0.29, 0.717) is 54.4 Å². The summed E-state index contributed by atoms with van der Waals surface area (Å²) in [5.41, 5.74) is 4.01. The van der Waals surface area contributed by atoms with Gasteiger partial charge in [-0.05, 0) is 42.5 Å². The highest BCUT2D eigenvalue weighted by Crippen LogP contribution is 2.37. The number of benzene rings is 3. The SMILES string of the molecule is C=c1c(=O)[nH]c2n1Cc1c(ccc(Cl)c1OCCCCCC(=O)N(Cc1ccccc1)Cc1ccccc1)N=2. The van der Waals surface area contributed by atoms with Gasteiger partial charge in [0.1, 0.15) is 11.1 Å². The summed E-state index contributed by atoms with van der Waals surface area (Å²) in [6, 6.07) is 23.8. The van der Waals surface area contributed by atoms with Crippen LogP contribution in [-0.2, 0) is 24.4 Å². The van der Waals surface area contributed by atoms with E-state index in [0.717, 1.165) is 41.6 Å². The first-order valence-corrected chi connectivity index (χ1v) is 13.5. The van der Waals surface area contributed by atoms with Crippen LogP contribution in [-0.4, -0.2) is 27.0 Å². The summed E-state index contributed by atoms with van der Waals surface area (Å²) in [6.07, 6.45) is 2.90. The van der Waals surface area contributed by atoms with Crippen LogP contribution >= 0.6 is 11.6 Å². The molecule has 0 saturated carbocycles. The third-order valence-electron chi connectivity index (χ3n) is 6.87. The first-order chi connectivity index (χ1) is 19.0. The monoisotopic (exact) mass is 542 g/mol. The molecule has 0 saturated heterocycles. The Morgan fingerprint density at radius 2 is 1.64 bits per heavy atom. The fourth-order valence-electron chi connectivity index (χ4n) is 4.75. The van der Waals surface area contributed by atoms with E-state index in [1.165, 1.54) is 0 Å². The molecule has 1 amide bonds. The highest BCUT2D eigenvalue weighted by molar-refractivity contribution is 6.32. The maximum Gasteiger partial charge on any atom is 0.274 e. The van der Waals surface area contributed by atoms with E-state index in [1.54, 1.807) is 10.6 Å². The minimum Gasteiger partial charge on any atom is -0.492 e. The van der Waals surface area contributed by atoms with E-state index >= 15 is 0 Å². The zero-order chi connectivity index (χ0) is 27.2. The van der Waals surface area contributed by atoms with Gasteiger partial charge in [-0.1, -0.05) is 78.8 Å². The fourth-order valence-corrected chi connectivity index (χ4v) is 4.98. The number of hydrogen-bond donors (Lipinski definition) is 1. The van der Waals surface area contributed by atoms with E-state index in [1.807, 2.05) is 47.4 Å². The largest absolute Gasteiger partial charge is 0.492 e. The summed E-state index contributed by atoms with van der Waals surface area (Å²) in [6.45, 7) is 5.90. The molecule has 0 spiro atoms. The number of halogens is 1. The Kier molecular flexibility index (Phi) is 8.27. The number of fused-ring (bicyclic) bond motifs is 2. The molecule has 5 rings (SSSR count). The molecule has 1 aliphatic rings. The maximum atomic E-state index is 13.2. The van der Waals surface area contributed by atoms with Crippen LogP contribution in [0.2, 0.25) is 5.02 Å². The van der Waals surface area contributed by atoms with Crippen LogP contribution < -0.4 is 21.3 Å². The van der Waals surface area contributed by atoms with Crippen molar-refractivity contribution in [2.45, 2.75) is 45.3 Å². The number of H-pyrrole nitrogens is 1. The molecule has 4 aromatic rings. The first kappa shape index (κ1) is 26.5. The van der Waals surface area contributed by atoms with Gasteiger partial charge in [-0.3, -0.25) is 14.6 Å². The second-order valence-electron chi connectivity index (χ2n) is 9.68. The minimum absolute atomic E-state index is 0.145. The molecule has 3 aromatic carbocycles. The average Bonchev–Trinajstić information content (AvgIpc) is 3.23. The summed E-state index contributed by atoms with van der Waals surface area (Å²) in [7, 11) is 0. The van der Waals surface area contributed by atoms with Gasteiger partial charge in [0.15, 0.2) is 0 Å². The van der Waals surface area contributed by atoms with Crippen LogP contribution in [0.4, 0.5) is 5.69 Å². The second-order valence-corrected chi connectivity index (χ2v) is 10.1. The maximum absolute atomic E-state index is 13.2. The highest BCUT2D eigenvalue weighted by Gasteiger charge is 2.20. The Labute approximate surface area is 232 Å². The van der Waals surface area contributed by atoms with E-state index in [2.05, 4.69) is 40.8 Å². The van der Waals surface area contributed by atoms with Crippen LogP contribution in [0.5, 0.6) is 5.75 Å². The van der Waals surface area contributed by atoms with E-state index in [4.69, 9.17) is 16.3 Å². The van der Waals surface area contributed by atoms with Crippen molar-refractivity contribution >= 4 is 29.8 Å². The molecule has 1 aromatic heterocycles. The number of carbonyl (C=O) groups excluding carboxylic acids is 1. The molecule has 200 valence electrons. The van der Waals surface area contributed by atoms with Crippen molar-refractivity contribution < 1.29 is 9.53 Å². The normalized spacial score (nSPS) is 11.8. The number of ether oxygens (including phenoxy) is 1. The predicted molar refractivity (Wildman–Crippen MR) is 153 cm³/mol. The van der Waals surface area contributed by atoms with Gasteiger partial charge in [0.05, 0.1) is 23.9 Å². The van der Waals surface area contributed by atoms with Crippen molar-refractivity contribution in [3.63, 3.8) is 0 Å². The van der Waals surface area contributed by atoms with Gasteiger partial charge >= 0.3 is 0 Å². The van der Waals surface area contributed by atoms with E-state index in [-0.39, 0.29) is 11.5 Å². The number of nitrogens with one attached hydrogen (secondary N) is 1. The molecular formula is C31H31ClN4O3. The molecule has 1 aliphatic heterocycles. The van der Waals surface area contributed by atoms with Crippen LogP contribution in [0.3, 0.4) is 0 Å². The van der Waals surface area contributed by atoms with Gasteiger partial charge in [-0.2, -0.15) is 0 Å². The summed E-state index contributed by atoms with van der Waals surface area (Å²) in [4.78, 5) is 34.3. The summed E-state index contributed by atoms with van der Waals surface area (Å²) in [5.74, 6) is 0.726. The Balaban J connectivity index is 1.14. The number of unbranched alkanes of at least 4 members (excludes halogenated alkanes) is 2. The number of nitrogens with zero attached hydrogens (tertiary/aromatic N) is 3. The standard InChI is InChI=1S/C31H31ClN4O3/c1-22-30(38)34-31-33-27-17-16-26(32)29(25(27)21-36(22)31)39-18-10-4-9-15-28(37)35(19-23-11-5-2-6-12-23)20-24-13-7-3-8-14-24/h2-3,5-8,11-14,16-17H,1,4,9-10,15,18-21H2,(H,33,34,38). The Morgan fingerprint density at radius 1 is 0.974 bits per heavy atom. The zero-order valence-electron chi connectivity index (χ0n) is 21.7. The second kappa shape index (κ2) is 12.2. The zero-order valence-corrected chi connectivity index (χ0v) is 22.5. The van der Waals surface area contributed by atoms with Crippen LogP contribution in [0.25, 0.3) is 6.58 Å².